The summed E-state index contributed by atoms with van der Waals surface area (Å²) in [5, 5.41) is 12.1. The van der Waals surface area contributed by atoms with Crippen LogP contribution in [0.4, 0.5) is 0 Å². The molecule has 2 heterocycles. The van der Waals surface area contributed by atoms with E-state index in [1.54, 1.807) is 18.5 Å². The molecule has 0 saturated heterocycles. The molecule has 6 heteroatoms. The zero-order valence-electron chi connectivity index (χ0n) is 7.10. The van der Waals surface area contributed by atoms with Gasteiger partial charge >= 0.3 is 5.97 Å². The molecule has 0 atom stereocenters. The number of nitrogens with zero attached hydrogens (tertiary/aromatic N) is 2. The number of nitrogens with one attached hydrogen (secondary N) is 1. The van der Waals surface area contributed by atoms with Crippen molar-refractivity contribution in [3.8, 4) is 11.6 Å². The Balaban J connectivity index is 2.22. The van der Waals surface area contributed by atoms with Gasteiger partial charge in [0.05, 0.1) is 12.1 Å². The summed E-state index contributed by atoms with van der Waals surface area (Å²) in [6.45, 7) is 0. The lowest BCUT2D eigenvalue weighted by molar-refractivity contribution is -0.136. The van der Waals surface area contributed by atoms with Gasteiger partial charge < -0.3 is 14.6 Å². The first-order valence-corrected chi connectivity index (χ1v) is 3.93. The quantitative estimate of drug-likeness (QED) is 0.748. The van der Waals surface area contributed by atoms with E-state index >= 15 is 0 Å². The zero-order chi connectivity index (χ0) is 9.97. The van der Waals surface area contributed by atoms with Gasteiger partial charge in [-0.1, -0.05) is 5.16 Å². The SMILES string of the molecule is O=C(O)Cc1cc(-c2ncc[nH]2)on1. The van der Waals surface area contributed by atoms with Crippen molar-refractivity contribution in [1.82, 2.24) is 15.1 Å². The van der Waals surface area contributed by atoms with E-state index in [-0.39, 0.29) is 6.42 Å². The molecule has 2 aromatic rings. The summed E-state index contributed by atoms with van der Waals surface area (Å²) in [4.78, 5) is 17.1. The van der Waals surface area contributed by atoms with E-state index in [0.717, 1.165) is 0 Å². The Bertz CT molecular complexity index is 432. The standard InChI is InChI=1S/C8H7N3O3/c12-7(13)4-5-3-6(14-11-5)8-9-1-2-10-8/h1-3H,4H2,(H,9,10)(H,12,13). The van der Waals surface area contributed by atoms with Crippen molar-refractivity contribution in [3.05, 3.63) is 24.2 Å². The van der Waals surface area contributed by atoms with Gasteiger partial charge in [-0.3, -0.25) is 4.79 Å². The highest BCUT2D eigenvalue weighted by Crippen LogP contribution is 2.15. The molecule has 0 amide bonds. The molecule has 0 aliphatic heterocycles. The van der Waals surface area contributed by atoms with Crippen LogP contribution in [0.1, 0.15) is 5.69 Å². The lowest BCUT2D eigenvalue weighted by Crippen LogP contribution is -1.99. The van der Waals surface area contributed by atoms with Gasteiger partial charge in [0.1, 0.15) is 0 Å². The molecule has 0 bridgehead atoms. The zero-order valence-corrected chi connectivity index (χ0v) is 7.10. The van der Waals surface area contributed by atoms with E-state index in [4.69, 9.17) is 9.63 Å². The third kappa shape index (κ3) is 1.63. The van der Waals surface area contributed by atoms with Crippen LogP contribution in [0, 0.1) is 0 Å². The Kier molecular flexibility index (Phi) is 2.02. The highest BCUT2D eigenvalue weighted by atomic mass is 16.5. The Morgan fingerprint density at radius 3 is 3.14 bits per heavy atom. The number of carboxylic acid groups (broad SMARTS) is 1. The average molecular weight is 193 g/mol. The molecule has 0 fully saturated rings. The van der Waals surface area contributed by atoms with Crippen LogP contribution in [-0.2, 0) is 11.2 Å². The summed E-state index contributed by atoms with van der Waals surface area (Å²) >= 11 is 0. The summed E-state index contributed by atoms with van der Waals surface area (Å²) in [6, 6.07) is 1.55. The molecule has 0 saturated carbocycles. The fraction of sp³-hybridized carbons (Fsp3) is 0.125. The fourth-order valence-corrected chi connectivity index (χ4v) is 1.06. The Morgan fingerprint density at radius 2 is 2.50 bits per heavy atom. The highest BCUT2D eigenvalue weighted by Gasteiger charge is 2.10. The van der Waals surface area contributed by atoms with E-state index in [1.807, 2.05) is 0 Å². The molecule has 72 valence electrons. The van der Waals surface area contributed by atoms with Crippen LogP contribution < -0.4 is 0 Å². The van der Waals surface area contributed by atoms with Gasteiger partial charge in [-0.25, -0.2) is 4.98 Å². The molecule has 0 aliphatic carbocycles. The van der Waals surface area contributed by atoms with E-state index in [1.165, 1.54) is 0 Å². The van der Waals surface area contributed by atoms with Crippen molar-refractivity contribution in [3.63, 3.8) is 0 Å². The van der Waals surface area contributed by atoms with E-state index in [9.17, 15) is 4.79 Å². The van der Waals surface area contributed by atoms with Crippen molar-refractivity contribution >= 4 is 5.97 Å². The van der Waals surface area contributed by atoms with Crippen LogP contribution in [0.15, 0.2) is 23.0 Å². The molecule has 2 N–H and O–H groups in total. The number of carbonyl (C=O) groups is 1. The summed E-state index contributed by atoms with van der Waals surface area (Å²) in [7, 11) is 0. The Labute approximate surface area is 78.6 Å². The minimum absolute atomic E-state index is 0.149. The second-order valence-electron chi connectivity index (χ2n) is 2.69. The normalized spacial score (nSPS) is 10.3. The van der Waals surface area contributed by atoms with Crippen molar-refractivity contribution in [2.24, 2.45) is 0 Å². The minimum Gasteiger partial charge on any atom is -0.481 e. The summed E-state index contributed by atoms with van der Waals surface area (Å²) < 4.78 is 4.90. The predicted molar refractivity (Wildman–Crippen MR) is 45.4 cm³/mol. The maximum absolute atomic E-state index is 10.4. The average Bonchev–Trinajstić information content (AvgIpc) is 2.69. The fourth-order valence-electron chi connectivity index (χ4n) is 1.06. The van der Waals surface area contributed by atoms with Crippen LogP contribution in [0.2, 0.25) is 0 Å². The maximum atomic E-state index is 10.4. The van der Waals surface area contributed by atoms with Crippen LogP contribution in [0.3, 0.4) is 0 Å². The second-order valence-corrected chi connectivity index (χ2v) is 2.69. The lowest BCUT2D eigenvalue weighted by atomic mass is 10.3. The smallest absolute Gasteiger partial charge is 0.309 e. The molecule has 14 heavy (non-hydrogen) atoms. The number of aliphatic carboxylic acids is 1. The van der Waals surface area contributed by atoms with Gasteiger partial charge in [0, 0.05) is 18.5 Å². The maximum Gasteiger partial charge on any atom is 0.309 e. The number of rotatable bonds is 3. The molecule has 2 rings (SSSR count). The second kappa shape index (κ2) is 3.33. The molecule has 0 unspecified atom stereocenters. The van der Waals surface area contributed by atoms with Gasteiger partial charge in [-0.2, -0.15) is 0 Å². The highest BCUT2D eigenvalue weighted by molar-refractivity contribution is 5.69. The molecule has 0 spiro atoms. The molecule has 0 aromatic carbocycles. The van der Waals surface area contributed by atoms with Crippen LogP contribution >= 0.6 is 0 Å². The molecule has 2 aromatic heterocycles. The predicted octanol–water partition coefficient (Wildman–Crippen LogP) is 0.692. The van der Waals surface area contributed by atoms with Gasteiger partial charge in [0.15, 0.2) is 5.82 Å². The molecule has 6 nitrogen and oxygen atoms in total. The van der Waals surface area contributed by atoms with Gasteiger partial charge in [0.2, 0.25) is 5.76 Å². The van der Waals surface area contributed by atoms with E-state index in [2.05, 4.69) is 15.1 Å². The number of hydrogen-bond donors (Lipinski definition) is 2. The molecular weight excluding hydrogens is 186 g/mol. The van der Waals surface area contributed by atoms with Gasteiger partial charge in [0.25, 0.3) is 0 Å². The van der Waals surface area contributed by atoms with Crippen LogP contribution in [0.25, 0.3) is 11.6 Å². The molecule has 0 aliphatic rings. The van der Waals surface area contributed by atoms with Crippen molar-refractivity contribution in [2.45, 2.75) is 6.42 Å². The molecule has 0 radical (unpaired) electrons. The summed E-state index contributed by atoms with van der Waals surface area (Å²) in [6.07, 6.45) is 3.08. The van der Waals surface area contributed by atoms with E-state index < -0.39 is 5.97 Å². The van der Waals surface area contributed by atoms with E-state index in [0.29, 0.717) is 17.3 Å². The topological polar surface area (TPSA) is 92.0 Å². The minimum atomic E-state index is -0.940. The number of hydrogen-bond acceptors (Lipinski definition) is 4. The monoisotopic (exact) mass is 193 g/mol. The van der Waals surface area contributed by atoms with Gasteiger partial charge in [-0.15, -0.1) is 0 Å². The van der Waals surface area contributed by atoms with Gasteiger partial charge in [-0.05, 0) is 0 Å². The Hall–Kier alpha value is -2.11. The van der Waals surface area contributed by atoms with Crippen LogP contribution in [-0.4, -0.2) is 26.2 Å². The summed E-state index contributed by atoms with van der Waals surface area (Å²) in [5.74, 6) is 0.0321. The number of aromatic amines is 1. The number of aromatic nitrogens is 3. The number of H-pyrrole nitrogens is 1. The largest absolute Gasteiger partial charge is 0.481 e. The first-order chi connectivity index (χ1) is 6.75. The first kappa shape index (κ1) is 8.49. The van der Waals surface area contributed by atoms with Crippen molar-refractivity contribution in [1.29, 1.82) is 0 Å². The summed E-state index contributed by atoms with van der Waals surface area (Å²) in [5.41, 5.74) is 0.379. The molecular formula is C8H7N3O3. The Morgan fingerprint density at radius 1 is 1.64 bits per heavy atom. The van der Waals surface area contributed by atoms with Crippen molar-refractivity contribution in [2.75, 3.05) is 0 Å². The third-order valence-corrected chi connectivity index (χ3v) is 1.62. The first-order valence-electron chi connectivity index (χ1n) is 3.93. The van der Waals surface area contributed by atoms with Crippen LogP contribution in [0.5, 0.6) is 0 Å². The lowest BCUT2D eigenvalue weighted by Gasteiger charge is -1.84. The van der Waals surface area contributed by atoms with Crippen molar-refractivity contribution < 1.29 is 14.4 Å². The number of carboxylic acids is 1. The number of imidazole rings is 1. The third-order valence-electron chi connectivity index (χ3n) is 1.62.